The Bertz CT molecular complexity index is 358. The fourth-order valence-corrected chi connectivity index (χ4v) is 1.82. The Morgan fingerprint density at radius 2 is 2.38 bits per heavy atom. The molecule has 0 amide bonds. The average Bonchev–Trinajstić information content (AvgIpc) is 2.27. The summed E-state index contributed by atoms with van der Waals surface area (Å²) >= 11 is 1.46. The Hall–Kier alpha value is -1.07. The van der Waals surface area contributed by atoms with Gasteiger partial charge in [-0.1, -0.05) is 6.07 Å². The second-order valence-corrected chi connectivity index (χ2v) is 4.16. The Kier molecular flexibility index (Phi) is 5.88. The maximum absolute atomic E-state index is 12.8. The van der Waals surface area contributed by atoms with Gasteiger partial charge in [0.1, 0.15) is 11.7 Å². The Balaban J connectivity index is 2.36. The van der Waals surface area contributed by atoms with E-state index in [0.29, 0.717) is 24.7 Å². The van der Waals surface area contributed by atoms with Gasteiger partial charge in [-0.15, -0.1) is 11.8 Å². The molecule has 0 aliphatic rings. The highest BCUT2D eigenvalue weighted by Gasteiger charge is 1.98. The average molecular weight is 242 g/mol. The van der Waals surface area contributed by atoms with E-state index in [0.717, 1.165) is 4.90 Å². The number of nitrogens with zero attached hydrogens (tertiary/aromatic N) is 1. The number of rotatable bonds is 6. The molecule has 0 aliphatic carbocycles. The molecular formula is C11H15FN2OS. The molecule has 1 rings (SSSR count). The van der Waals surface area contributed by atoms with Crippen molar-refractivity contribution in [1.29, 1.82) is 0 Å². The summed E-state index contributed by atoms with van der Waals surface area (Å²) in [6.07, 6.45) is 0. The summed E-state index contributed by atoms with van der Waals surface area (Å²) in [6, 6.07) is 6.42. The lowest BCUT2D eigenvalue weighted by molar-refractivity contribution is 0.208. The van der Waals surface area contributed by atoms with Crippen LogP contribution < -0.4 is 5.73 Å². The van der Waals surface area contributed by atoms with Crippen molar-refractivity contribution < 1.29 is 9.13 Å². The van der Waals surface area contributed by atoms with Gasteiger partial charge in [0.05, 0.1) is 18.9 Å². The van der Waals surface area contributed by atoms with Crippen molar-refractivity contribution in [2.24, 2.45) is 10.7 Å². The molecule has 0 atom stereocenters. The van der Waals surface area contributed by atoms with E-state index in [9.17, 15) is 4.39 Å². The van der Waals surface area contributed by atoms with E-state index in [1.54, 1.807) is 13.2 Å². The van der Waals surface area contributed by atoms with Crippen LogP contribution in [0.2, 0.25) is 0 Å². The zero-order chi connectivity index (χ0) is 11.8. The molecule has 0 unspecified atom stereocenters. The van der Waals surface area contributed by atoms with Crippen LogP contribution in [0.25, 0.3) is 0 Å². The number of benzene rings is 1. The predicted molar refractivity (Wildman–Crippen MR) is 65.5 cm³/mol. The number of hydrogen-bond donors (Lipinski definition) is 1. The highest BCUT2D eigenvalue weighted by molar-refractivity contribution is 8.00. The number of ether oxygens (including phenoxy) is 1. The molecule has 0 bridgehead atoms. The third-order valence-corrected chi connectivity index (χ3v) is 2.82. The third kappa shape index (κ3) is 5.14. The molecule has 0 aromatic heterocycles. The summed E-state index contributed by atoms with van der Waals surface area (Å²) in [4.78, 5) is 4.96. The number of aliphatic imine (C=N–C) groups is 1. The summed E-state index contributed by atoms with van der Waals surface area (Å²) in [7, 11) is 1.62. The quantitative estimate of drug-likeness (QED) is 0.359. The molecule has 0 spiro atoms. The first-order valence-electron chi connectivity index (χ1n) is 4.88. The van der Waals surface area contributed by atoms with E-state index in [1.165, 1.54) is 23.9 Å². The summed E-state index contributed by atoms with van der Waals surface area (Å²) in [5, 5.41) is 0. The van der Waals surface area contributed by atoms with E-state index >= 15 is 0 Å². The summed E-state index contributed by atoms with van der Waals surface area (Å²) in [5.74, 6) is 0.874. The van der Waals surface area contributed by atoms with E-state index in [4.69, 9.17) is 10.5 Å². The fraction of sp³-hybridized carbons (Fsp3) is 0.364. The lowest BCUT2D eigenvalue weighted by atomic mass is 10.4. The molecule has 0 heterocycles. The first-order chi connectivity index (χ1) is 7.72. The van der Waals surface area contributed by atoms with Crippen LogP contribution in [0.4, 0.5) is 4.39 Å². The molecule has 0 aliphatic heterocycles. The SMILES string of the molecule is COCCN=C(N)CSc1cccc(F)c1. The van der Waals surface area contributed by atoms with Gasteiger partial charge in [0.15, 0.2) is 0 Å². The van der Waals surface area contributed by atoms with Crippen molar-refractivity contribution >= 4 is 17.6 Å². The molecule has 0 saturated carbocycles. The van der Waals surface area contributed by atoms with E-state index < -0.39 is 0 Å². The van der Waals surface area contributed by atoms with Crippen LogP contribution in [0.3, 0.4) is 0 Å². The highest BCUT2D eigenvalue weighted by Crippen LogP contribution is 2.17. The van der Waals surface area contributed by atoms with Crippen LogP contribution in [-0.2, 0) is 4.74 Å². The molecule has 5 heteroatoms. The molecular weight excluding hydrogens is 227 g/mol. The minimum absolute atomic E-state index is 0.236. The number of methoxy groups -OCH3 is 1. The van der Waals surface area contributed by atoms with Crippen molar-refractivity contribution in [2.75, 3.05) is 26.0 Å². The smallest absolute Gasteiger partial charge is 0.124 e. The minimum Gasteiger partial charge on any atom is -0.387 e. The van der Waals surface area contributed by atoms with Gasteiger partial charge in [0, 0.05) is 12.0 Å². The molecule has 0 saturated heterocycles. The van der Waals surface area contributed by atoms with Gasteiger partial charge in [-0.2, -0.15) is 0 Å². The number of halogens is 1. The van der Waals surface area contributed by atoms with E-state index in [-0.39, 0.29) is 5.82 Å². The van der Waals surface area contributed by atoms with Crippen molar-refractivity contribution in [3.05, 3.63) is 30.1 Å². The summed E-state index contributed by atoms with van der Waals surface area (Å²) in [6.45, 7) is 1.12. The van der Waals surface area contributed by atoms with Crippen molar-refractivity contribution in [2.45, 2.75) is 4.90 Å². The summed E-state index contributed by atoms with van der Waals surface area (Å²) in [5.41, 5.74) is 5.68. The zero-order valence-corrected chi connectivity index (χ0v) is 9.97. The van der Waals surface area contributed by atoms with Crippen LogP contribution in [0.15, 0.2) is 34.2 Å². The van der Waals surface area contributed by atoms with Crippen molar-refractivity contribution in [1.82, 2.24) is 0 Å². The van der Waals surface area contributed by atoms with Gasteiger partial charge in [-0.3, -0.25) is 4.99 Å². The lowest BCUT2D eigenvalue weighted by Gasteiger charge is -2.02. The highest BCUT2D eigenvalue weighted by atomic mass is 32.2. The van der Waals surface area contributed by atoms with Gasteiger partial charge in [0.25, 0.3) is 0 Å². The number of hydrogen-bond acceptors (Lipinski definition) is 3. The van der Waals surface area contributed by atoms with E-state index in [1.807, 2.05) is 6.07 Å². The predicted octanol–water partition coefficient (Wildman–Crippen LogP) is 1.92. The Labute approximate surface area is 98.9 Å². The Morgan fingerprint density at radius 3 is 3.06 bits per heavy atom. The van der Waals surface area contributed by atoms with Gasteiger partial charge < -0.3 is 10.5 Å². The standard InChI is InChI=1S/C11H15FN2OS/c1-15-6-5-14-11(13)8-16-10-4-2-3-9(12)7-10/h2-4,7H,5-6,8H2,1H3,(H2,13,14). The molecule has 0 radical (unpaired) electrons. The molecule has 3 nitrogen and oxygen atoms in total. The second-order valence-electron chi connectivity index (χ2n) is 3.11. The number of amidine groups is 1. The molecule has 2 N–H and O–H groups in total. The third-order valence-electron chi connectivity index (χ3n) is 1.79. The number of thioether (sulfide) groups is 1. The van der Waals surface area contributed by atoms with Crippen molar-refractivity contribution in [3.63, 3.8) is 0 Å². The second kappa shape index (κ2) is 7.24. The van der Waals surface area contributed by atoms with Gasteiger partial charge in [-0.05, 0) is 18.2 Å². The van der Waals surface area contributed by atoms with Gasteiger partial charge in [0.2, 0.25) is 0 Å². The van der Waals surface area contributed by atoms with Gasteiger partial charge in [-0.25, -0.2) is 4.39 Å². The van der Waals surface area contributed by atoms with Crippen LogP contribution >= 0.6 is 11.8 Å². The zero-order valence-electron chi connectivity index (χ0n) is 9.15. The Morgan fingerprint density at radius 1 is 1.56 bits per heavy atom. The van der Waals surface area contributed by atoms with Crippen LogP contribution in [-0.4, -0.2) is 31.8 Å². The first kappa shape index (κ1) is 13.0. The molecule has 1 aromatic rings. The van der Waals surface area contributed by atoms with Crippen molar-refractivity contribution in [3.8, 4) is 0 Å². The van der Waals surface area contributed by atoms with Crippen LogP contribution in [0.5, 0.6) is 0 Å². The molecule has 16 heavy (non-hydrogen) atoms. The van der Waals surface area contributed by atoms with Crippen LogP contribution in [0.1, 0.15) is 0 Å². The first-order valence-corrected chi connectivity index (χ1v) is 5.87. The maximum Gasteiger partial charge on any atom is 0.124 e. The largest absolute Gasteiger partial charge is 0.387 e. The van der Waals surface area contributed by atoms with Gasteiger partial charge >= 0.3 is 0 Å². The molecule has 88 valence electrons. The number of nitrogens with two attached hydrogens (primary N) is 1. The topological polar surface area (TPSA) is 47.6 Å². The monoisotopic (exact) mass is 242 g/mol. The maximum atomic E-state index is 12.8. The van der Waals surface area contributed by atoms with E-state index in [2.05, 4.69) is 4.99 Å². The molecule has 1 aromatic carbocycles. The fourth-order valence-electron chi connectivity index (χ4n) is 1.04. The minimum atomic E-state index is -0.236. The lowest BCUT2D eigenvalue weighted by Crippen LogP contribution is -2.16. The summed E-state index contributed by atoms with van der Waals surface area (Å²) < 4.78 is 17.7. The molecule has 0 fully saturated rings. The van der Waals surface area contributed by atoms with Crippen LogP contribution in [0, 0.1) is 5.82 Å². The normalized spacial score (nSPS) is 11.8.